The van der Waals surface area contributed by atoms with Gasteiger partial charge in [0.05, 0.1) is 6.04 Å². The van der Waals surface area contributed by atoms with Gasteiger partial charge in [-0.25, -0.2) is 4.79 Å². The van der Waals surface area contributed by atoms with E-state index in [0.717, 1.165) is 0 Å². The Morgan fingerprint density at radius 2 is 2.27 bits per heavy atom. The molecule has 11 heavy (non-hydrogen) atoms. The highest BCUT2D eigenvalue weighted by Gasteiger charge is 2.04. The van der Waals surface area contributed by atoms with Gasteiger partial charge in [0.15, 0.2) is 5.84 Å². The van der Waals surface area contributed by atoms with Gasteiger partial charge in [0, 0.05) is 6.92 Å². The standard InChI is InChI=1S/C6H13N3O2/c1-3-5(7)6(8)9-11-4(2)10/h5H,3,7H2,1-2H3,(H2,8,9)/t5-/m1/s1. The van der Waals surface area contributed by atoms with Gasteiger partial charge in [-0.3, -0.25) is 0 Å². The highest BCUT2D eigenvalue weighted by Crippen LogP contribution is 1.87. The molecule has 0 bridgehead atoms. The van der Waals surface area contributed by atoms with Gasteiger partial charge in [-0.15, -0.1) is 0 Å². The fourth-order valence-electron chi connectivity index (χ4n) is 0.394. The number of rotatable bonds is 3. The monoisotopic (exact) mass is 159 g/mol. The normalized spacial score (nSPS) is 14.3. The first-order valence-electron chi connectivity index (χ1n) is 3.34. The molecule has 0 rings (SSSR count). The smallest absolute Gasteiger partial charge is 0.332 e. The van der Waals surface area contributed by atoms with Gasteiger partial charge >= 0.3 is 5.97 Å². The van der Waals surface area contributed by atoms with Gasteiger partial charge in [-0.2, -0.15) is 0 Å². The summed E-state index contributed by atoms with van der Waals surface area (Å²) < 4.78 is 0. The molecule has 0 aromatic carbocycles. The number of nitrogens with two attached hydrogens (primary N) is 2. The van der Waals surface area contributed by atoms with Crippen LogP contribution in [0.3, 0.4) is 0 Å². The van der Waals surface area contributed by atoms with Crippen LogP contribution in [0.25, 0.3) is 0 Å². The summed E-state index contributed by atoms with van der Waals surface area (Å²) in [5.74, 6) is -0.362. The van der Waals surface area contributed by atoms with Crippen LogP contribution in [0.5, 0.6) is 0 Å². The minimum absolute atomic E-state index is 0.141. The van der Waals surface area contributed by atoms with Crippen molar-refractivity contribution in [3.05, 3.63) is 0 Å². The molecule has 0 saturated heterocycles. The molecule has 0 aliphatic rings. The highest BCUT2D eigenvalue weighted by molar-refractivity contribution is 5.85. The molecule has 0 spiro atoms. The lowest BCUT2D eigenvalue weighted by Crippen LogP contribution is -2.36. The number of nitrogens with zero attached hydrogens (tertiary/aromatic N) is 1. The number of carbonyl (C=O) groups excluding carboxylic acids is 1. The van der Waals surface area contributed by atoms with E-state index in [2.05, 4.69) is 9.99 Å². The van der Waals surface area contributed by atoms with Crippen molar-refractivity contribution in [1.82, 2.24) is 0 Å². The number of amidine groups is 1. The molecular formula is C6H13N3O2. The summed E-state index contributed by atoms with van der Waals surface area (Å²) in [5.41, 5.74) is 10.8. The number of hydrogen-bond donors (Lipinski definition) is 2. The predicted molar refractivity (Wildman–Crippen MR) is 41.7 cm³/mol. The maximum Gasteiger partial charge on any atom is 0.332 e. The largest absolute Gasteiger partial charge is 0.383 e. The molecule has 1 atom stereocenters. The van der Waals surface area contributed by atoms with Crippen LogP contribution in [0, 0.1) is 0 Å². The molecular weight excluding hydrogens is 146 g/mol. The van der Waals surface area contributed by atoms with Crippen LogP contribution in [0.15, 0.2) is 5.16 Å². The first kappa shape index (κ1) is 9.90. The minimum Gasteiger partial charge on any atom is -0.383 e. The second-order valence-electron chi connectivity index (χ2n) is 2.11. The van der Waals surface area contributed by atoms with Crippen molar-refractivity contribution in [2.75, 3.05) is 0 Å². The quantitative estimate of drug-likeness (QED) is 0.253. The SMILES string of the molecule is CC[C@@H](N)/C(N)=N\OC(C)=O. The van der Waals surface area contributed by atoms with Gasteiger partial charge in [-0.1, -0.05) is 12.1 Å². The molecule has 0 aliphatic heterocycles. The van der Waals surface area contributed by atoms with Crippen LogP contribution in [0.1, 0.15) is 20.3 Å². The van der Waals surface area contributed by atoms with E-state index in [1.165, 1.54) is 6.92 Å². The van der Waals surface area contributed by atoms with E-state index in [-0.39, 0.29) is 11.9 Å². The fraction of sp³-hybridized carbons (Fsp3) is 0.667. The zero-order valence-electron chi connectivity index (χ0n) is 6.70. The zero-order valence-corrected chi connectivity index (χ0v) is 6.70. The third kappa shape index (κ3) is 4.32. The third-order valence-corrected chi connectivity index (χ3v) is 1.10. The van der Waals surface area contributed by atoms with Crippen molar-refractivity contribution in [1.29, 1.82) is 0 Å². The zero-order chi connectivity index (χ0) is 8.85. The Morgan fingerprint density at radius 3 is 2.64 bits per heavy atom. The van der Waals surface area contributed by atoms with Crippen molar-refractivity contribution in [3.8, 4) is 0 Å². The van der Waals surface area contributed by atoms with Crippen LogP contribution in [0.2, 0.25) is 0 Å². The van der Waals surface area contributed by atoms with Crippen LogP contribution >= 0.6 is 0 Å². The summed E-state index contributed by atoms with van der Waals surface area (Å²) in [6, 6.07) is -0.339. The molecule has 64 valence electrons. The van der Waals surface area contributed by atoms with E-state index in [0.29, 0.717) is 6.42 Å². The summed E-state index contributed by atoms with van der Waals surface area (Å²) in [6.07, 6.45) is 0.663. The average Bonchev–Trinajstić information content (AvgIpc) is 1.98. The Balaban J connectivity index is 3.89. The van der Waals surface area contributed by atoms with Crippen LogP contribution < -0.4 is 11.5 Å². The van der Waals surface area contributed by atoms with Crippen molar-refractivity contribution < 1.29 is 9.63 Å². The molecule has 5 heteroatoms. The lowest BCUT2D eigenvalue weighted by Gasteiger charge is -2.05. The number of oxime groups is 1. The maximum atomic E-state index is 10.2. The highest BCUT2D eigenvalue weighted by atomic mass is 16.7. The Bertz CT molecular complexity index is 167. The summed E-state index contributed by atoms with van der Waals surface area (Å²) in [4.78, 5) is 14.5. The van der Waals surface area contributed by atoms with E-state index < -0.39 is 5.97 Å². The minimum atomic E-state index is -0.503. The van der Waals surface area contributed by atoms with E-state index in [4.69, 9.17) is 11.5 Å². The molecule has 0 amide bonds. The summed E-state index contributed by atoms with van der Waals surface area (Å²) in [7, 11) is 0. The molecule has 0 radical (unpaired) electrons. The molecule has 5 nitrogen and oxygen atoms in total. The van der Waals surface area contributed by atoms with Gasteiger partial charge < -0.3 is 16.3 Å². The van der Waals surface area contributed by atoms with Crippen LogP contribution in [0.4, 0.5) is 0 Å². The average molecular weight is 159 g/mol. The number of carbonyl (C=O) groups is 1. The van der Waals surface area contributed by atoms with Gasteiger partial charge in [0.25, 0.3) is 0 Å². The molecule has 0 aromatic rings. The number of hydrogen-bond acceptors (Lipinski definition) is 4. The van der Waals surface area contributed by atoms with Crippen molar-refractivity contribution in [3.63, 3.8) is 0 Å². The summed E-state index contributed by atoms with van der Waals surface area (Å²) in [5, 5.41) is 3.31. The third-order valence-electron chi connectivity index (χ3n) is 1.10. The van der Waals surface area contributed by atoms with E-state index in [1.807, 2.05) is 6.92 Å². The van der Waals surface area contributed by atoms with E-state index in [9.17, 15) is 4.79 Å². The lowest BCUT2D eigenvalue weighted by atomic mass is 10.2. The van der Waals surface area contributed by atoms with Crippen LogP contribution in [-0.4, -0.2) is 17.8 Å². The van der Waals surface area contributed by atoms with E-state index in [1.54, 1.807) is 0 Å². The Morgan fingerprint density at radius 1 is 1.73 bits per heavy atom. The second kappa shape index (κ2) is 4.68. The Kier molecular flexibility index (Phi) is 4.21. The van der Waals surface area contributed by atoms with Crippen molar-refractivity contribution in [2.45, 2.75) is 26.3 Å². The Labute approximate surface area is 65.4 Å². The molecule has 0 aromatic heterocycles. The Hall–Kier alpha value is -1.10. The maximum absolute atomic E-state index is 10.2. The first-order valence-corrected chi connectivity index (χ1v) is 3.34. The van der Waals surface area contributed by atoms with Gasteiger partial charge in [0.1, 0.15) is 0 Å². The molecule has 4 N–H and O–H groups in total. The molecule has 0 saturated carbocycles. The van der Waals surface area contributed by atoms with Crippen LogP contribution in [-0.2, 0) is 9.63 Å². The fourth-order valence-corrected chi connectivity index (χ4v) is 0.394. The summed E-state index contributed by atoms with van der Waals surface area (Å²) in [6.45, 7) is 3.11. The predicted octanol–water partition coefficient (Wildman–Crippen LogP) is -0.441. The van der Waals surface area contributed by atoms with Crippen molar-refractivity contribution in [2.24, 2.45) is 16.6 Å². The van der Waals surface area contributed by atoms with Gasteiger partial charge in [0.2, 0.25) is 0 Å². The van der Waals surface area contributed by atoms with E-state index >= 15 is 0 Å². The summed E-state index contributed by atoms with van der Waals surface area (Å²) >= 11 is 0. The molecule has 0 aliphatic carbocycles. The second-order valence-corrected chi connectivity index (χ2v) is 2.11. The van der Waals surface area contributed by atoms with Gasteiger partial charge in [-0.05, 0) is 6.42 Å². The first-order chi connectivity index (χ1) is 5.07. The molecule has 0 unspecified atom stereocenters. The topological polar surface area (TPSA) is 90.7 Å². The lowest BCUT2D eigenvalue weighted by molar-refractivity contribution is -0.140. The molecule has 0 heterocycles. The van der Waals surface area contributed by atoms with Crippen molar-refractivity contribution >= 4 is 11.8 Å². The molecule has 0 fully saturated rings.